The number of benzene rings is 2. The first-order valence-corrected chi connectivity index (χ1v) is 9.34. The van der Waals surface area contributed by atoms with Crippen molar-refractivity contribution in [1.29, 1.82) is 0 Å². The van der Waals surface area contributed by atoms with Crippen LogP contribution in [0.2, 0.25) is 0 Å². The van der Waals surface area contributed by atoms with E-state index in [1.807, 2.05) is 6.07 Å². The molecule has 0 atom stereocenters. The first-order valence-electron chi connectivity index (χ1n) is 6.63. The van der Waals surface area contributed by atoms with Gasteiger partial charge in [-0.05, 0) is 17.7 Å². The Bertz CT molecular complexity index is 1050. The van der Waals surface area contributed by atoms with E-state index in [1.54, 1.807) is 42.5 Å². The third-order valence-electron chi connectivity index (χ3n) is 3.21. The number of nitrogens with one attached hydrogen (secondary N) is 1. The van der Waals surface area contributed by atoms with Crippen LogP contribution in [-0.4, -0.2) is 13.4 Å². The number of aromatic nitrogens is 1. The van der Waals surface area contributed by atoms with Crippen molar-refractivity contribution < 1.29 is 8.42 Å². The zero-order chi connectivity index (χ0) is 16.4. The Labute approximate surface area is 142 Å². The van der Waals surface area contributed by atoms with Crippen LogP contribution >= 0.6 is 23.6 Å². The predicted molar refractivity (Wildman–Crippen MR) is 93.1 cm³/mol. The summed E-state index contributed by atoms with van der Waals surface area (Å²) >= 11 is 5.91. The van der Waals surface area contributed by atoms with E-state index in [-0.39, 0.29) is 24.2 Å². The average Bonchev–Trinajstić information content (AvgIpc) is 2.55. The summed E-state index contributed by atoms with van der Waals surface area (Å²) in [6.07, 6.45) is 0. The lowest BCUT2D eigenvalue weighted by Gasteiger charge is -2.10. The van der Waals surface area contributed by atoms with Crippen LogP contribution in [0.25, 0.3) is 11.3 Å². The van der Waals surface area contributed by atoms with Crippen molar-refractivity contribution in [1.82, 2.24) is 4.98 Å². The van der Waals surface area contributed by atoms with E-state index in [4.69, 9.17) is 12.2 Å². The van der Waals surface area contributed by atoms with Crippen LogP contribution in [0, 0.1) is 3.82 Å². The summed E-state index contributed by atoms with van der Waals surface area (Å²) in [7, 11) is -3.83. The third kappa shape index (κ3) is 3.03. The predicted octanol–water partition coefficient (Wildman–Crippen LogP) is 3.67. The zero-order valence-electron chi connectivity index (χ0n) is 11.7. The highest BCUT2D eigenvalue weighted by atomic mass is 32.2. The summed E-state index contributed by atoms with van der Waals surface area (Å²) in [5, 5.41) is 0. The fourth-order valence-corrected chi connectivity index (χ4v) is 5.22. The molecule has 0 bridgehead atoms. The van der Waals surface area contributed by atoms with Crippen molar-refractivity contribution >= 4 is 33.4 Å². The Kier molecular flexibility index (Phi) is 4.25. The van der Waals surface area contributed by atoms with Crippen molar-refractivity contribution in [2.24, 2.45) is 0 Å². The maximum atomic E-state index is 13.0. The minimum Gasteiger partial charge on any atom is -0.312 e. The molecule has 3 rings (SSSR count). The van der Waals surface area contributed by atoms with Crippen molar-refractivity contribution in [3.8, 4) is 11.3 Å². The smallest absolute Gasteiger partial charge is 0.306 e. The fourth-order valence-electron chi connectivity index (χ4n) is 2.19. The average molecular weight is 361 g/mol. The normalized spacial score (nSPS) is 11.3. The van der Waals surface area contributed by atoms with Gasteiger partial charge >= 0.3 is 4.87 Å². The number of rotatable bonds is 3. The van der Waals surface area contributed by atoms with Gasteiger partial charge in [-0.1, -0.05) is 72.1 Å². The third-order valence-corrected chi connectivity index (χ3v) is 6.44. The molecule has 23 heavy (non-hydrogen) atoms. The quantitative estimate of drug-likeness (QED) is 0.723. The lowest BCUT2D eigenvalue weighted by atomic mass is 10.1. The fraction of sp³-hybridized carbons (Fsp3) is 0. The summed E-state index contributed by atoms with van der Waals surface area (Å²) in [4.78, 5) is 14.1. The number of sulfone groups is 1. The molecule has 0 spiro atoms. The van der Waals surface area contributed by atoms with E-state index in [9.17, 15) is 13.2 Å². The SMILES string of the molecule is O=c1[nH]c(-c2ccccc2)c(S(=O)(=O)c2ccccc2)c(=S)s1. The second kappa shape index (κ2) is 6.19. The Morgan fingerprint density at radius 2 is 1.48 bits per heavy atom. The maximum Gasteiger partial charge on any atom is 0.306 e. The highest BCUT2D eigenvalue weighted by Gasteiger charge is 2.25. The molecule has 0 aliphatic heterocycles. The molecule has 4 nitrogen and oxygen atoms in total. The van der Waals surface area contributed by atoms with Gasteiger partial charge in [0.2, 0.25) is 9.84 Å². The van der Waals surface area contributed by atoms with E-state index < -0.39 is 9.84 Å². The van der Waals surface area contributed by atoms with Gasteiger partial charge in [0.1, 0.15) is 8.72 Å². The van der Waals surface area contributed by atoms with Crippen molar-refractivity contribution in [2.45, 2.75) is 9.79 Å². The molecule has 0 saturated carbocycles. The molecule has 0 fully saturated rings. The molecule has 3 aromatic rings. The molecule has 0 unspecified atom stereocenters. The van der Waals surface area contributed by atoms with Crippen LogP contribution in [0.3, 0.4) is 0 Å². The molecule has 2 aromatic carbocycles. The standard InChI is InChI=1S/C16H11NO3S3/c18-16-17-13(11-7-3-1-4-8-11)14(15(21)22-16)23(19,20)12-9-5-2-6-10-12/h1-10H,(H,17,18). The van der Waals surface area contributed by atoms with Gasteiger partial charge in [0.05, 0.1) is 10.6 Å². The van der Waals surface area contributed by atoms with Gasteiger partial charge in [-0.3, -0.25) is 4.79 Å². The van der Waals surface area contributed by atoms with Gasteiger partial charge in [-0.2, -0.15) is 0 Å². The Hall–Kier alpha value is -2.09. The number of hydrogen-bond donors (Lipinski definition) is 1. The molecular formula is C16H11NO3S3. The molecule has 1 aromatic heterocycles. The summed E-state index contributed by atoms with van der Waals surface area (Å²) < 4.78 is 26.0. The van der Waals surface area contributed by atoms with Gasteiger partial charge in [0.15, 0.2) is 0 Å². The van der Waals surface area contributed by atoms with Crippen molar-refractivity contribution in [2.75, 3.05) is 0 Å². The molecule has 116 valence electrons. The van der Waals surface area contributed by atoms with E-state index in [0.29, 0.717) is 16.9 Å². The molecule has 0 radical (unpaired) electrons. The van der Waals surface area contributed by atoms with Gasteiger partial charge < -0.3 is 4.98 Å². The summed E-state index contributed by atoms with van der Waals surface area (Å²) in [5.74, 6) is 0. The molecule has 1 heterocycles. The second-order valence-electron chi connectivity index (χ2n) is 4.69. The monoisotopic (exact) mass is 361 g/mol. The van der Waals surface area contributed by atoms with Crippen LogP contribution in [0.15, 0.2) is 75.2 Å². The van der Waals surface area contributed by atoms with Gasteiger partial charge in [-0.25, -0.2) is 8.42 Å². The summed E-state index contributed by atoms with van der Waals surface area (Å²) in [6, 6.07) is 16.9. The first kappa shape index (κ1) is 15.8. The molecule has 0 aliphatic rings. The maximum absolute atomic E-state index is 13.0. The van der Waals surface area contributed by atoms with Gasteiger partial charge in [0.25, 0.3) is 0 Å². The van der Waals surface area contributed by atoms with Crippen molar-refractivity contribution in [3.05, 3.63) is 74.2 Å². The van der Waals surface area contributed by atoms with Crippen LogP contribution in [0.4, 0.5) is 0 Å². The van der Waals surface area contributed by atoms with E-state index in [0.717, 1.165) is 0 Å². The van der Waals surface area contributed by atoms with E-state index >= 15 is 0 Å². The highest BCUT2D eigenvalue weighted by molar-refractivity contribution is 7.92. The Balaban J connectivity index is 2.37. The number of H-pyrrole nitrogens is 1. The van der Waals surface area contributed by atoms with Crippen molar-refractivity contribution in [3.63, 3.8) is 0 Å². The van der Waals surface area contributed by atoms with Gasteiger partial charge in [-0.15, -0.1) is 0 Å². The molecular weight excluding hydrogens is 350 g/mol. The van der Waals surface area contributed by atoms with Crippen LogP contribution in [-0.2, 0) is 9.84 Å². The molecule has 0 aliphatic carbocycles. The summed E-state index contributed by atoms with van der Waals surface area (Å²) in [5.41, 5.74) is 0.821. The summed E-state index contributed by atoms with van der Waals surface area (Å²) in [6.45, 7) is 0. The zero-order valence-corrected chi connectivity index (χ0v) is 14.2. The van der Waals surface area contributed by atoms with Crippen LogP contribution in [0.5, 0.6) is 0 Å². The first-order chi connectivity index (χ1) is 11.0. The van der Waals surface area contributed by atoms with E-state index in [1.165, 1.54) is 12.1 Å². The topological polar surface area (TPSA) is 67.0 Å². The molecule has 1 N–H and O–H groups in total. The largest absolute Gasteiger partial charge is 0.312 e. The Morgan fingerprint density at radius 1 is 0.913 bits per heavy atom. The Morgan fingerprint density at radius 3 is 2.09 bits per heavy atom. The number of hydrogen-bond acceptors (Lipinski definition) is 5. The van der Waals surface area contributed by atoms with Crippen LogP contribution in [0.1, 0.15) is 0 Å². The molecule has 7 heteroatoms. The molecule has 0 saturated heterocycles. The van der Waals surface area contributed by atoms with Crippen LogP contribution < -0.4 is 4.87 Å². The molecule has 0 amide bonds. The number of aromatic amines is 1. The van der Waals surface area contributed by atoms with E-state index in [2.05, 4.69) is 4.98 Å². The minimum atomic E-state index is -3.83. The second-order valence-corrected chi connectivity index (χ2v) is 8.22. The minimum absolute atomic E-state index is 0.0329. The highest BCUT2D eigenvalue weighted by Crippen LogP contribution is 2.30. The van der Waals surface area contributed by atoms with Gasteiger partial charge in [0, 0.05) is 0 Å². The lowest BCUT2D eigenvalue weighted by Crippen LogP contribution is -2.11. The lowest BCUT2D eigenvalue weighted by molar-refractivity contribution is 0.596.